The number of nitrogens with one attached hydrogen (secondary N) is 1. The van der Waals surface area contributed by atoms with Gasteiger partial charge < -0.3 is 19.5 Å². The number of benzene rings is 2. The fourth-order valence-electron chi connectivity index (χ4n) is 2.31. The van der Waals surface area contributed by atoms with Crippen molar-refractivity contribution in [3.05, 3.63) is 53.6 Å². The zero-order chi connectivity index (χ0) is 20.9. The standard InChI is InChI=1S/C19H18F3NO5/c1-11(17(24)23-13-9-7-12(8-10-13)19(20,21)22)28-18(25)14-5-4-6-15(26-2)16(14)27-3/h4-11H,1-3H3,(H,23,24)/t11-/m1/s1. The molecular weight excluding hydrogens is 379 g/mol. The first kappa shape index (κ1) is 21.1. The molecule has 2 rings (SSSR count). The van der Waals surface area contributed by atoms with Crippen molar-refractivity contribution in [1.29, 1.82) is 0 Å². The SMILES string of the molecule is COc1cccc(C(=O)O[C@H](C)C(=O)Nc2ccc(C(F)(F)F)cc2)c1OC. The lowest BCUT2D eigenvalue weighted by Crippen LogP contribution is -2.30. The molecule has 2 aromatic carbocycles. The number of esters is 1. The molecule has 2 aromatic rings. The molecule has 0 aromatic heterocycles. The number of ether oxygens (including phenoxy) is 3. The Kier molecular flexibility index (Phi) is 6.50. The van der Waals surface area contributed by atoms with Gasteiger partial charge in [-0.25, -0.2) is 4.79 Å². The van der Waals surface area contributed by atoms with E-state index in [0.717, 1.165) is 24.3 Å². The number of halogens is 3. The van der Waals surface area contributed by atoms with Crippen LogP contribution in [0.15, 0.2) is 42.5 Å². The number of para-hydroxylation sites is 1. The molecule has 28 heavy (non-hydrogen) atoms. The van der Waals surface area contributed by atoms with Crippen LogP contribution in [0.2, 0.25) is 0 Å². The number of methoxy groups -OCH3 is 2. The summed E-state index contributed by atoms with van der Waals surface area (Å²) in [5, 5.41) is 2.39. The van der Waals surface area contributed by atoms with Crippen molar-refractivity contribution in [3.63, 3.8) is 0 Å². The van der Waals surface area contributed by atoms with Crippen LogP contribution >= 0.6 is 0 Å². The third-order valence-electron chi connectivity index (χ3n) is 3.76. The van der Waals surface area contributed by atoms with Crippen molar-refractivity contribution in [2.24, 2.45) is 0 Å². The summed E-state index contributed by atoms with van der Waals surface area (Å²) in [5.74, 6) is -1.04. The smallest absolute Gasteiger partial charge is 0.416 e. The first-order chi connectivity index (χ1) is 13.2. The number of anilines is 1. The zero-order valence-electron chi connectivity index (χ0n) is 15.3. The minimum absolute atomic E-state index is 0.0658. The summed E-state index contributed by atoms with van der Waals surface area (Å²) in [4.78, 5) is 24.5. The summed E-state index contributed by atoms with van der Waals surface area (Å²) in [7, 11) is 2.77. The van der Waals surface area contributed by atoms with Gasteiger partial charge in [-0.3, -0.25) is 4.79 Å². The maximum atomic E-state index is 12.6. The average molecular weight is 397 g/mol. The zero-order valence-corrected chi connectivity index (χ0v) is 15.3. The normalized spacial score (nSPS) is 12.1. The third-order valence-corrected chi connectivity index (χ3v) is 3.76. The molecule has 0 aliphatic rings. The van der Waals surface area contributed by atoms with Gasteiger partial charge >= 0.3 is 12.1 Å². The summed E-state index contributed by atoms with van der Waals surface area (Å²) in [6.45, 7) is 1.34. The predicted octanol–water partition coefficient (Wildman–Crippen LogP) is 3.91. The summed E-state index contributed by atoms with van der Waals surface area (Å²) in [6.07, 6.45) is -5.67. The lowest BCUT2D eigenvalue weighted by molar-refractivity contribution is -0.137. The topological polar surface area (TPSA) is 73.9 Å². The van der Waals surface area contributed by atoms with E-state index in [4.69, 9.17) is 14.2 Å². The molecule has 0 bridgehead atoms. The highest BCUT2D eigenvalue weighted by Crippen LogP contribution is 2.32. The lowest BCUT2D eigenvalue weighted by atomic mass is 10.2. The Labute approximate surface area is 159 Å². The van der Waals surface area contributed by atoms with Crippen molar-refractivity contribution in [3.8, 4) is 11.5 Å². The molecule has 0 heterocycles. The largest absolute Gasteiger partial charge is 0.493 e. The highest BCUT2D eigenvalue weighted by molar-refractivity contribution is 5.98. The second-order valence-corrected chi connectivity index (χ2v) is 5.65. The quantitative estimate of drug-likeness (QED) is 0.749. The summed E-state index contributed by atoms with van der Waals surface area (Å²) >= 11 is 0. The van der Waals surface area contributed by atoms with E-state index < -0.39 is 29.7 Å². The van der Waals surface area contributed by atoms with Crippen LogP contribution in [0, 0.1) is 0 Å². The molecule has 0 unspecified atom stereocenters. The first-order valence-electron chi connectivity index (χ1n) is 8.07. The molecule has 0 aliphatic carbocycles. The van der Waals surface area contributed by atoms with Gasteiger partial charge in [0.05, 0.1) is 19.8 Å². The van der Waals surface area contributed by atoms with Gasteiger partial charge in [0.25, 0.3) is 5.91 Å². The van der Waals surface area contributed by atoms with Crippen LogP contribution in [-0.4, -0.2) is 32.2 Å². The molecule has 0 radical (unpaired) electrons. The second-order valence-electron chi connectivity index (χ2n) is 5.65. The van der Waals surface area contributed by atoms with E-state index in [9.17, 15) is 22.8 Å². The number of carbonyl (C=O) groups is 2. The minimum Gasteiger partial charge on any atom is -0.493 e. The number of hydrogen-bond donors (Lipinski definition) is 1. The number of alkyl halides is 3. The molecular formula is C19H18F3NO5. The molecule has 150 valence electrons. The molecule has 0 saturated carbocycles. The third kappa shape index (κ3) is 4.93. The van der Waals surface area contributed by atoms with Crippen molar-refractivity contribution in [2.45, 2.75) is 19.2 Å². The van der Waals surface area contributed by atoms with Crippen LogP contribution in [-0.2, 0) is 15.7 Å². The fourth-order valence-corrected chi connectivity index (χ4v) is 2.31. The van der Waals surface area contributed by atoms with Gasteiger partial charge in [-0.05, 0) is 43.3 Å². The molecule has 1 atom stereocenters. The second kappa shape index (κ2) is 8.64. The van der Waals surface area contributed by atoms with Crippen molar-refractivity contribution in [1.82, 2.24) is 0 Å². The van der Waals surface area contributed by atoms with Crippen molar-refractivity contribution >= 4 is 17.6 Å². The van der Waals surface area contributed by atoms with Crippen LogP contribution in [0.5, 0.6) is 11.5 Å². The Morgan fingerprint density at radius 2 is 1.64 bits per heavy atom. The van der Waals surface area contributed by atoms with E-state index >= 15 is 0 Å². The molecule has 0 fully saturated rings. The first-order valence-corrected chi connectivity index (χ1v) is 8.07. The highest BCUT2D eigenvalue weighted by Gasteiger charge is 2.30. The van der Waals surface area contributed by atoms with Gasteiger partial charge in [-0.15, -0.1) is 0 Å². The highest BCUT2D eigenvalue weighted by atomic mass is 19.4. The molecule has 1 amide bonds. The molecule has 0 aliphatic heterocycles. The Balaban J connectivity index is 2.05. The van der Waals surface area contributed by atoms with Gasteiger partial charge in [0.1, 0.15) is 5.56 Å². The van der Waals surface area contributed by atoms with Gasteiger partial charge in [-0.1, -0.05) is 6.07 Å². The molecule has 0 spiro atoms. The molecule has 6 nitrogen and oxygen atoms in total. The van der Waals surface area contributed by atoms with Gasteiger partial charge in [0.2, 0.25) is 0 Å². The summed E-state index contributed by atoms with van der Waals surface area (Å²) < 4.78 is 53.1. The predicted molar refractivity (Wildman–Crippen MR) is 94.5 cm³/mol. The van der Waals surface area contributed by atoms with Crippen LogP contribution in [0.1, 0.15) is 22.8 Å². The van der Waals surface area contributed by atoms with E-state index in [1.165, 1.54) is 27.2 Å². The molecule has 0 saturated heterocycles. The minimum atomic E-state index is -4.47. The van der Waals surface area contributed by atoms with Crippen LogP contribution in [0.4, 0.5) is 18.9 Å². The monoisotopic (exact) mass is 397 g/mol. The van der Waals surface area contributed by atoms with Gasteiger partial charge in [-0.2, -0.15) is 13.2 Å². The van der Waals surface area contributed by atoms with E-state index in [0.29, 0.717) is 5.75 Å². The van der Waals surface area contributed by atoms with Crippen molar-refractivity contribution < 1.29 is 37.0 Å². The Hall–Kier alpha value is -3.23. The van der Waals surface area contributed by atoms with Crippen LogP contribution in [0.25, 0.3) is 0 Å². The van der Waals surface area contributed by atoms with E-state index in [-0.39, 0.29) is 17.0 Å². The number of amides is 1. The number of rotatable bonds is 6. The maximum absolute atomic E-state index is 12.6. The Bertz CT molecular complexity index is 850. The average Bonchev–Trinajstić information content (AvgIpc) is 2.66. The van der Waals surface area contributed by atoms with E-state index in [1.54, 1.807) is 12.1 Å². The fraction of sp³-hybridized carbons (Fsp3) is 0.263. The molecule has 1 N–H and O–H groups in total. The Morgan fingerprint density at radius 1 is 1.00 bits per heavy atom. The maximum Gasteiger partial charge on any atom is 0.416 e. The van der Waals surface area contributed by atoms with E-state index in [1.807, 2.05) is 0 Å². The number of carbonyl (C=O) groups excluding carboxylic acids is 2. The van der Waals surface area contributed by atoms with Gasteiger partial charge in [0.15, 0.2) is 17.6 Å². The molecule has 9 heteroatoms. The van der Waals surface area contributed by atoms with Crippen molar-refractivity contribution in [2.75, 3.05) is 19.5 Å². The summed E-state index contributed by atoms with van der Waals surface area (Å²) in [6, 6.07) is 8.51. The summed E-state index contributed by atoms with van der Waals surface area (Å²) in [5.41, 5.74) is -0.633. The van der Waals surface area contributed by atoms with Gasteiger partial charge in [0, 0.05) is 5.69 Å². The number of hydrogen-bond acceptors (Lipinski definition) is 5. The van der Waals surface area contributed by atoms with Crippen LogP contribution in [0.3, 0.4) is 0 Å². The van der Waals surface area contributed by atoms with Crippen LogP contribution < -0.4 is 14.8 Å². The lowest BCUT2D eigenvalue weighted by Gasteiger charge is -2.16. The Morgan fingerprint density at radius 3 is 2.18 bits per heavy atom. The van der Waals surface area contributed by atoms with E-state index in [2.05, 4.69) is 5.32 Å².